The van der Waals surface area contributed by atoms with Gasteiger partial charge < -0.3 is 24.3 Å². The van der Waals surface area contributed by atoms with Crippen molar-refractivity contribution >= 4 is 11.9 Å². The topological polar surface area (TPSA) is 83.1 Å². The van der Waals surface area contributed by atoms with Crippen LogP contribution in [0, 0.1) is 0 Å². The predicted octanol–water partition coefficient (Wildman–Crippen LogP) is 2.75. The molecule has 2 rings (SSSR count). The average molecular weight is 373 g/mol. The fourth-order valence-electron chi connectivity index (χ4n) is 2.52. The number of amides is 1. The summed E-state index contributed by atoms with van der Waals surface area (Å²) in [7, 11) is 4.44. The molecule has 7 nitrogen and oxygen atoms in total. The van der Waals surface area contributed by atoms with E-state index >= 15 is 0 Å². The molecule has 0 aliphatic heterocycles. The fraction of sp³-hybridized carbons (Fsp3) is 0.300. The molecule has 7 heteroatoms. The Hall–Kier alpha value is -3.22. The molecule has 2 aromatic rings. The summed E-state index contributed by atoms with van der Waals surface area (Å²) in [4.78, 5) is 23.8. The first-order chi connectivity index (χ1) is 13.0. The minimum Gasteiger partial charge on any atom is -0.497 e. The zero-order valence-corrected chi connectivity index (χ0v) is 15.8. The van der Waals surface area contributed by atoms with Crippen molar-refractivity contribution in [1.29, 1.82) is 0 Å². The Morgan fingerprint density at radius 1 is 1.00 bits per heavy atom. The number of carbonyl (C=O) groups is 2. The van der Waals surface area contributed by atoms with Crippen LogP contribution in [0.15, 0.2) is 42.5 Å². The van der Waals surface area contributed by atoms with Gasteiger partial charge in [0.25, 0.3) is 5.91 Å². The molecule has 0 spiro atoms. The molecule has 144 valence electrons. The normalized spacial score (nSPS) is 11.3. The molecule has 1 atom stereocenters. The number of hydrogen-bond acceptors (Lipinski definition) is 6. The third kappa shape index (κ3) is 5.37. The molecule has 0 aliphatic carbocycles. The third-order valence-electron chi connectivity index (χ3n) is 3.91. The second-order valence-electron chi connectivity index (χ2n) is 5.71. The second kappa shape index (κ2) is 9.47. The number of hydrogen-bond donors (Lipinski definition) is 1. The van der Waals surface area contributed by atoms with Crippen molar-refractivity contribution in [1.82, 2.24) is 5.32 Å². The van der Waals surface area contributed by atoms with Gasteiger partial charge >= 0.3 is 5.97 Å². The summed E-state index contributed by atoms with van der Waals surface area (Å²) in [6.07, 6.45) is 0. The first-order valence-corrected chi connectivity index (χ1v) is 8.31. The molecular weight excluding hydrogens is 350 g/mol. The second-order valence-corrected chi connectivity index (χ2v) is 5.71. The van der Waals surface area contributed by atoms with Crippen molar-refractivity contribution in [2.75, 3.05) is 27.9 Å². The maximum absolute atomic E-state index is 12.2. The Morgan fingerprint density at radius 2 is 1.78 bits per heavy atom. The zero-order valence-electron chi connectivity index (χ0n) is 15.8. The molecule has 1 amide bonds. The molecule has 0 radical (unpaired) electrons. The smallest absolute Gasteiger partial charge is 0.337 e. The van der Waals surface area contributed by atoms with Crippen molar-refractivity contribution < 1.29 is 28.5 Å². The summed E-state index contributed by atoms with van der Waals surface area (Å²) in [6.45, 7) is 1.65. The molecule has 0 saturated heterocycles. The van der Waals surface area contributed by atoms with Crippen molar-refractivity contribution in [3.05, 3.63) is 53.6 Å². The molecule has 0 bridgehead atoms. The lowest BCUT2D eigenvalue weighted by Crippen LogP contribution is -2.31. The maximum atomic E-state index is 12.2. The van der Waals surface area contributed by atoms with Gasteiger partial charge in [0.15, 0.2) is 6.61 Å². The number of rotatable bonds is 8. The third-order valence-corrected chi connectivity index (χ3v) is 3.91. The molecule has 0 aliphatic rings. The predicted molar refractivity (Wildman–Crippen MR) is 99.4 cm³/mol. The first kappa shape index (κ1) is 20.1. The Balaban J connectivity index is 1.99. The molecule has 0 heterocycles. The number of nitrogens with one attached hydrogen (secondary N) is 1. The molecule has 0 saturated carbocycles. The molecule has 2 aromatic carbocycles. The van der Waals surface area contributed by atoms with Crippen molar-refractivity contribution in [2.24, 2.45) is 0 Å². The van der Waals surface area contributed by atoms with Gasteiger partial charge in [-0.2, -0.15) is 0 Å². The number of benzene rings is 2. The summed E-state index contributed by atoms with van der Waals surface area (Å²) in [5.74, 6) is 0.942. The van der Waals surface area contributed by atoms with Crippen LogP contribution in [-0.2, 0) is 9.53 Å². The van der Waals surface area contributed by atoms with Crippen molar-refractivity contribution in [3.8, 4) is 17.2 Å². The zero-order chi connectivity index (χ0) is 19.8. The van der Waals surface area contributed by atoms with E-state index in [1.807, 2.05) is 13.0 Å². The summed E-state index contributed by atoms with van der Waals surface area (Å²) in [5.41, 5.74) is 1.14. The quantitative estimate of drug-likeness (QED) is 0.717. The van der Waals surface area contributed by atoms with Crippen LogP contribution in [0.2, 0.25) is 0 Å². The van der Waals surface area contributed by atoms with Crippen LogP contribution in [0.5, 0.6) is 17.2 Å². The van der Waals surface area contributed by atoms with Gasteiger partial charge in [0, 0.05) is 5.56 Å². The highest BCUT2D eigenvalue weighted by molar-refractivity contribution is 5.89. The number of ether oxygens (including phenoxy) is 4. The standard InChI is InChI=1S/C20H23NO6/c1-13(17-11-15(24-2)8-9-18(17)25-3)21-19(22)12-27-16-7-5-6-14(10-16)20(23)26-4/h5-11,13H,12H2,1-4H3,(H,21,22). The lowest BCUT2D eigenvalue weighted by molar-refractivity contribution is -0.123. The van der Waals surface area contributed by atoms with Gasteiger partial charge in [-0.15, -0.1) is 0 Å². The Morgan fingerprint density at radius 3 is 2.44 bits per heavy atom. The van der Waals surface area contributed by atoms with E-state index in [9.17, 15) is 9.59 Å². The van der Waals surface area contributed by atoms with Gasteiger partial charge in [-0.3, -0.25) is 4.79 Å². The Kier molecular flexibility index (Phi) is 7.05. The largest absolute Gasteiger partial charge is 0.497 e. The van der Waals surface area contributed by atoms with Crippen LogP contribution < -0.4 is 19.5 Å². The van der Waals surface area contributed by atoms with Gasteiger partial charge in [-0.1, -0.05) is 6.07 Å². The van der Waals surface area contributed by atoms with Gasteiger partial charge in [0.2, 0.25) is 0 Å². The molecule has 1 N–H and O–H groups in total. The van der Waals surface area contributed by atoms with Gasteiger partial charge in [0.05, 0.1) is 32.9 Å². The van der Waals surface area contributed by atoms with E-state index in [0.29, 0.717) is 22.8 Å². The highest BCUT2D eigenvalue weighted by Gasteiger charge is 2.16. The summed E-state index contributed by atoms with van der Waals surface area (Å²) in [6, 6.07) is 11.5. The maximum Gasteiger partial charge on any atom is 0.337 e. The number of methoxy groups -OCH3 is 3. The lowest BCUT2D eigenvalue weighted by atomic mass is 10.1. The van der Waals surface area contributed by atoms with E-state index in [4.69, 9.17) is 14.2 Å². The Bertz CT molecular complexity index is 805. The van der Waals surface area contributed by atoms with Crippen LogP contribution in [0.1, 0.15) is 28.9 Å². The summed E-state index contributed by atoms with van der Waals surface area (Å²) >= 11 is 0. The summed E-state index contributed by atoms with van der Waals surface area (Å²) in [5, 5.41) is 2.85. The molecule has 0 aromatic heterocycles. The van der Waals surface area contributed by atoms with E-state index in [-0.39, 0.29) is 18.6 Å². The monoisotopic (exact) mass is 373 g/mol. The van der Waals surface area contributed by atoms with E-state index in [1.54, 1.807) is 44.6 Å². The number of carbonyl (C=O) groups excluding carboxylic acids is 2. The average Bonchev–Trinajstić information content (AvgIpc) is 2.71. The van der Waals surface area contributed by atoms with Crippen LogP contribution >= 0.6 is 0 Å². The SMILES string of the molecule is COC(=O)c1cccc(OCC(=O)NC(C)c2cc(OC)ccc2OC)c1. The van der Waals surface area contributed by atoms with E-state index in [0.717, 1.165) is 5.56 Å². The highest BCUT2D eigenvalue weighted by Crippen LogP contribution is 2.29. The minimum absolute atomic E-state index is 0.193. The molecule has 0 fully saturated rings. The summed E-state index contributed by atoms with van der Waals surface area (Å²) < 4.78 is 20.7. The van der Waals surface area contributed by atoms with Gasteiger partial charge in [-0.05, 0) is 43.3 Å². The van der Waals surface area contributed by atoms with Crippen LogP contribution in [0.25, 0.3) is 0 Å². The van der Waals surface area contributed by atoms with Crippen LogP contribution in [-0.4, -0.2) is 39.8 Å². The molecule has 27 heavy (non-hydrogen) atoms. The van der Waals surface area contributed by atoms with Crippen molar-refractivity contribution in [3.63, 3.8) is 0 Å². The highest BCUT2D eigenvalue weighted by atomic mass is 16.5. The van der Waals surface area contributed by atoms with Gasteiger partial charge in [0.1, 0.15) is 17.2 Å². The van der Waals surface area contributed by atoms with Gasteiger partial charge in [-0.25, -0.2) is 4.79 Å². The van der Waals surface area contributed by atoms with Crippen LogP contribution in [0.3, 0.4) is 0 Å². The molecular formula is C20H23NO6. The van der Waals surface area contributed by atoms with E-state index in [1.165, 1.54) is 13.2 Å². The number of esters is 1. The lowest BCUT2D eigenvalue weighted by Gasteiger charge is -2.18. The minimum atomic E-state index is -0.469. The first-order valence-electron chi connectivity index (χ1n) is 8.31. The van der Waals surface area contributed by atoms with Crippen LogP contribution in [0.4, 0.5) is 0 Å². The molecule has 1 unspecified atom stereocenters. The van der Waals surface area contributed by atoms with Crippen molar-refractivity contribution in [2.45, 2.75) is 13.0 Å². The van der Waals surface area contributed by atoms with E-state index < -0.39 is 5.97 Å². The fourth-order valence-corrected chi connectivity index (χ4v) is 2.52. The Labute approximate surface area is 158 Å². The van der Waals surface area contributed by atoms with E-state index in [2.05, 4.69) is 10.1 Å².